The van der Waals surface area contributed by atoms with Crippen molar-refractivity contribution in [3.05, 3.63) is 0 Å². The minimum absolute atomic E-state index is 0.305. The summed E-state index contributed by atoms with van der Waals surface area (Å²) in [6.07, 6.45) is 4.32. The van der Waals surface area contributed by atoms with Gasteiger partial charge in [0.1, 0.15) is 0 Å². The van der Waals surface area contributed by atoms with Gasteiger partial charge in [0.05, 0.1) is 0 Å². The summed E-state index contributed by atoms with van der Waals surface area (Å²) in [5.74, 6) is 1.13. The lowest BCUT2D eigenvalue weighted by Gasteiger charge is -2.15. The van der Waals surface area contributed by atoms with Crippen molar-refractivity contribution in [3.8, 4) is 0 Å². The van der Waals surface area contributed by atoms with Crippen molar-refractivity contribution >= 4 is 5.91 Å². The standard InChI is InChI=1S/C9H17NO/c1-3-4-9(11)10(2)7-8-5-6-8/h8H,3-7H2,1-2H3. The van der Waals surface area contributed by atoms with Crippen molar-refractivity contribution in [1.82, 2.24) is 4.90 Å². The minimum atomic E-state index is 0.305. The monoisotopic (exact) mass is 155 g/mol. The fourth-order valence-electron chi connectivity index (χ4n) is 1.19. The molecule has 1 amide bonds. The van der Waals surface area contributed by atoms with E-state index in [0.29, 0.717) is 12.3 Å². The van der Waals surface area contributed by atoms with Gasteiger partial charge in [-0.3, -0.25) is 4.79 Å². The number of hydrogen-bond acceptors (Lipinski definition) is 1. The average Bonchev–Trinajstić information content (AvgIpc) is 2.72. The molecule has 1 saturated carbocycles. The van der Waals surface area contributed by atoms with Gasteiger partial charge in [0.25, 0.3) is 0 Å². The highest BCUT2D eigenvalue weighted by Gasteiger charge is 2.24. The lowest BCUT2D eigenvalue weighted by molar-refractivity contribution is -0.130. The summed E-state index contributed by atoms with van der Waals surface area (Å²) in [6, 6.07) is 0. The van der Waals surface area contributed by atoms with E-state index in [1.54, 1.807) is 0 Å². The lowest BCUT2D eigenvalue weighted by Crippen LogP contribution is -2.28. The molecule has 1 aliphatic carbocycles. The molecule has 0 aromatic carbocycles. The first-order chi connectivity index (χ1) is 5.24. The van der Waals surface area contributed by atoms with Crippen LogP contribution in [0.2, 0.25) is 0 Å². The van der Waals surface area contributed by atoms with E-state index in [1.807, 2.05) is 18.9 Å². The van der Waals surface area contributed by atoms with Gasteiger partial charge in [-0.2, -0.15) is 0 Å². The molecular weight excluding hydrogens is 138 g/mol. The van der Waals surface area contributed by atoms with Gasteiger partial charge in [-0.25, -0.2) is 0 Å². The topological polar surface area (TPSA) is 20.3 Å². The third-order valence-electron chi connectivity index (χ3n) is 2.12. The average molecular weight is 155 g/mol. The van der Waals surface area contributed by atoms with Crippen LogP contribution in [0.5, 0.6) is 0 Å². The largest absolute Gasteiger partial charge is 0.345 e. The summed E-state index contributed by atoms with van der Waals surface area (Å²) in [6.45, 7) is 3.03. The van der Waals surface area contributed by atoms with Crippen LogP contribution in [-0.2, 0) is 4.79 Å². The Balaban J connectivity index is 2.15. The van der Waals surface area contributed by atoms with Crippen molar-refractivity contribution in [2.24, 2.45) is 5.92 Å². The third kappa shape index (κ3) is 2.91. The van der Waals surface area contributed by atoms with Crippen LogP contribution in [0.1, 0.15) is 32.6 Å². The molecule has 0 N–H and O–H groups in total. The molecule has 64 valence electrons. The molecule has 1 fully saturated rings. The van der Waals surface area contributed by atoms with Crippen LogP contribution in [0.4, 0.5) is 0 Å². The Morgan fingerprint density at radius 3 is 2.64 bits per heavy atom. The Morgan fingerprint density at radius 2 is 2.18 bits per heavy atom. The Morgan fingerprint density at radius 1 is 1.55 bits per heavy atom. The van der Waals surface area contributed by atoms with E-state index in [9.17, 15) is 4.79 Å². The van der Waals surface area contributed by atoms with Crippen LogP contribution in [0.15, 0.2) is 0 Å². The van der Waals surface area contributed by atoms with Gasteiger partial charge in [0.2, 0.25) is 5.91 Å². The quantitative estimate of drug-likeness (QED) is 0.604. The normalized spacial score (nSPS) is 16.5. The van der Waals surface area contributed by atoms with Crippen LogP contribution in [0, 0.1) is 5.92 Å². The van der Waals surface area contributed by atoms with Gasteiger partial charge >= 0.3 is 0 Å². The van der Waals surface area contributed by atoms with E-state index in [2.05, 4.69) is 0 Å². The van der Waals surface area contributed by atoms with Gasteiger partial charge in [-0.1, -0.05) is 6.92 Å². The Hall–Kier alpha value is -0.530. The van der Waals surface area contributed by atoms with Gasteiger partial charge in [-0.15, -0.1) is 0 Å². The first-order valence-corrected chi connectivity index (χ1v) is 4.48. The Kier molecular flexibility index (Phi) is 2.92. The minimum Gasteiger partial charge on any atom is -0.345 e. The van der Waals surface area contributed by atoms with Gasteiger partial charge in [-0.05, 0) is 25.2 Å². The number of carbonyl (C=O) groups excluding carboxylic acids is 1. The van der Waals surface area contributed by atoms with Gasteiger partial charge < -0.3 is 4.90 Å². The first-order valence-electron chi connectivity index (χ1n) is 4.48. The number of carbonyl (C=O) groups is 1. The maximum atomic E-state index is 11.2. The molecule has 0 atom stereocenters. The molecule has 0 unspecified atom stereocenters. The van der Waals surface area contributed by atoms with Crippen LogP contribution in [0.3, 0.4) is 0 Å². The summed E-state index contributed by atoms with van der Waals surface area (Å²) >= 11 is 0. The SMILES string of the molecule is CCCC(=O)N(C)CC1CC1. The van der Waals surface area contributed by atoms with E-state index < -0.39 is 0 Å². The van der Waals surface area contributed by atoms with Crippen molar-refractivity contribution in [1.29, 1.82) is 0 Å². The maximum absolute atomic E-state index is 11.2. The molecule has 1 aliphatic rings. The Labute approximate surface area is 68.6 Å². The van der Waals surface area contributed by atoms with Crippen LogP contribution in [-0.4, -0.2) is 24.4 Å². The zero-order valence-electron chi connectivity index (χ0n) is 7.47. The summed E-state index contributed by atoms with van der Waals surface area (Å²) in [5.41, 5.74) is 0. The predicted octanol–water partition coefficient (Wildman–Crippen LogP) is 1.65. The first kappa shape index (κ1) is 8.57. The summed E-state index contributed by atoms with van der Waals surface area (Å²) in [7, 11) is 1.91. The van der Waals surface area contributed by atoms with E-state index in [0.717, 1.165) is 18.9 Å². The molecule has 0 aromatic rings. The summed E-state index contributed by atoms with van der Waals surface area (Å²) in [4.78, 5) is 13.1. The zero-order valence-corrected chi connectivity index (χ0v) is 7.47. The maximum Gasteiger partial charge on any atom is 0.222 e. The molecular formula is C9H17NO. The highest BCUT2D eigenvalue weighted by atomic mass is 16.2. The second kappa shape index (κ2) is 3.74. The Bertz CT molecular complexity index is 140. The molecule has 0 heterocycles. The lowest BCUT2D eigenvalue weighted by atomic mass is 10.3. The fourth-order valence-corrected chi connectivity index (χ4v) is 1.19. The van der Waals surface area contributed by atoms with Crippen molar-refractivity contribution < 1.29 is 4.79 Å². The molecule has 0 bridgehead atoms. The number of amides is 1. The fraction of sp³-hybridized carbons (Fsp3) is 0.889. The molecule has 2 heteroatoms. The predicted molar refractivity (Wildman–Crippen MR) is 45.3 cm³/mol. The number of nitrogens with zero attached hydrogens (tertiary/aromatic N) is 1. The molecule has 0 radical (unpaired) electrons. The molecule has 0 spiro atoms. The third-order valence-corrected chi connectivity index (χ3v) is 2.12. The van der Waals surface area contributed by atoms with Crippen molar-refractivity contribution in [2.45, 2.75) is 32.6 Å². The zero-order chi connectivity index (χ0) is 8.27. The number of rotatable bonds is 4. The molecule has 0 aromatic heterocycles. The molecule has 11 heavy (non-hydrogen) atoms. The summed E-state index contributed by atoms with van der Waals surface area (Å²) < 4.78 is 0. The van der Waals surface area contributed by atoms with E-state index >= 15 is 0 Å². The highest BCUT2D eigenvalue weighted by Crippen LogP contribution is 2.29. The van der Waals surface area contributed by atoms with Crippen molar-refractivity contribution in [3.63, 3.8) is 0 Å². The summed E-state index contributed by atoms with van der Waals surface area (Å²) in [5, 5.41) is 0. The number of hydrogen-bond donors (Lipinski definition) is 0. The van der Waals surface area contributed by atoms with Gasteiger partial charge in [0.15, 0.2) is 0 Å². The van der Waals surface area contributed by atoms with Gasteiger partial charge in [0, 0.05) is 20.0 Å². The van der Waals surface area contributed by atoms with E-state index in [4.69, 9.17) is 0 Å². The molecule has 1 rings (SSSR count). The molecule has 0 saturated heterocycles. The second-order valence-corrected chi connectivity index (χ2v) is 3.47. The molecule has 2 nitrogen and oxygen atoms in total. The van der Waals surface area contributed by atoms with E-state index in [-0.39, 0.29) is 0 Å². The second-order valence-electron chi connectivity index (χ2n) is 3.47. The van der Waals surface area contributed by atoms with Crippen LogP contribution < -0.4 is 0 Å². The highest BCUT2D eigenvalue weighted by molar-refractivity contribution is 5.75. The van der Waals surface area contributed by atoms with Crippen LogP contribution in [0.25, 0.3) is 0 Å². The smallest absolute Gasteiger partial charge is 0.222 e. The van der Waals surface area contributed by atoms with Crippen LogP contribution >= 0.6 is 0 Å². The molecule has 0 aliphatic heterocycles. The van der Waals surface area contributed by atoms with E-state index in [1.165, 1.54) is 12.8 Å². The van der Waals surface area contributed by atoms with Crippen molar-refractivity contribution in [2.75, 3.05) is 13.6 Å².